The number of benzene rings is 1. The highest BCUT2D eigenvalue weighted by atomic mass is 16.3. The number of carbonyl (C=O) groups excluding carboxylic acids is 1. The number of nitrogens with two attached hydrogens (primary N) is 1. The first-order valence-electron chi connectivity index (χ1n) is 8.10. The van der Waals surface area contributed by atoms with Crippen LogP contribution in [0, 0.1) is 12.8 Å². The number of hydrogen-bond acceptors (Lipinski definition) is 3. The van der Waals surface area contributed by atoms with Gasteiger partial charge in [-0.25, -0.2) is 0 Å². The van der Waals surface area contributed by atoms with Gasteiger partial charge in [-0.05, 0) is 39.2 Å². The minimum Gasteiger partial charge on any atom is -0.459 e. The molecule has 4 heteroatoms. The molecule has 1 amide bonds. The Kier molecular flexibility index (Phi) is 4.21. The fourth-order valence-corrected chi connectivity index (χ4v) is 3.47. The van der Waals surface area contributed by atoms with Gasteiger partial charge in [0.15, 0.2) is 0 Å². The van der Waals surface area contributed by atoms with E-state index >= 15 is 0 Å². The van der Waals surface area contributed by atoms with Gasteiger partial charge in [0.05, 0.1) is 6.04 Å². The first kappa shape index (κ1) is 15.1. The summed E-state index contributed by atoms with van der Waals surface area (Å²) in [7, 11) is 0. The highest BCUT2D eigenvalue weighted by molar-refractivity contribution is 5.83. The van der Waals surface area contributed by atoms with Gasteiger partial charge in [0.2, 0.25) is 5.91 Å². The van der Waals surface area contributed by atoms with Gasteiger partial charge in [0, 0.05) is 22.9 Å². The molecule has 1 saturated carbocycles. The fraction of sp³-hybridized carbons (Fsp3) is 0.500. The molecule has 3 unspecified atom stereocenters. The number of carbonyl (C=O) groups is 1. The molecule has 1 aromatic heterocycles. The quantitative estimate of drug-likeness (QED) is 0.912. The van der Waals surface area contributed by atoms with E-state index in [2.05, 4.69) is 5.32 Å². The second-order valence-electron chi connectivity index (χ2n) is 6.44. The number of furan rings is 1. The van der Waals surface area contributed by atoms with Crippen LogP contribution in [0.25, 0.3) is 11.0 Å². The van der Waals surface area contributed by atoms with E-state index in [1.807, 2.05) is 38.1 Å². The minimum absolute atomic E-state index is 0.0379. The van der Waals surface area contributed by atoms with Gasteiger partial charge < -0.3 is 15.5 Å². The molecule has 22 heavy (non-hydrogen) atoms. The Morgan fingerprint density at radius 1 is 1.36 bits per heavy atom. The Morgan fingerprint density at radius 3 is 2.86 bits per heavy atom. The van der Waals surface area contributed by atoms with Crippen LogP contribution in [0.2, 0.25) is 0 Å². The first-order valence-corrected chi connectivity index (χ1v) is 8.10. The molecular formula is C18H24N2O2. The number of rotatable bonds is 3. The molecule has 0 saturated heterocycles. The summed E-state index contributed by atoms with van der Waals surface area (Å²) in [4.78, 5) is 12.4. The van der Waals surface area contributed by atoms with E-state index in [-0.39, 0.29) is 23.9 Å². The lowest BCUT2D eigenvalue weighted by Gasteiger charge is -2.26. The normalized spacial score (nSPS) is 23.4. The van der Waals surface area contributed by atoms with Gasteiger partial charge in [-0.1, -0.05) is 24.6 Å². The smallest absolute Gasteiger partial charge is 0.223 e. The van der Waals surface area contributed by atoms with Crippen LogP contribution < -0.4 is 11.1 Å². The molecule has 0 bridgehead atoms. The third-order valence-corrected chi connectivity index (χ3v) is 4.72. The van der Waals surface area contributed by atoms with Gasteiger partial charge in [0.1, 0.15) is 11.3 Å². The van der Waals surface area contributed by atoms with E-state index in [4.69, 9.17) is 10.2 Å². The highest BCUT2D eigenvalue weighted by Crippen LogP contribution is 2.30. The molecular weight excluding hydrogens is 276 g/mol. The van der Waals surface area contributed by atoms with E-state index in [1.165, 1.54) is 0 Å². The van der Waals surface area contributed by atoms with Crippen LogP contribution >= 0.6 is 0 Å². The molecule has 1 fully saturated rings. The zero-order valence-corrected chi connectivity index (χ0v) is 13.3. The summed E-state index contributed by atoms with van der Waals surface area (Å²) in [6, 6.07) is 8.00. The van der Waals surface area contributed by atoms with Crippen LogP contribution in [0.5, 0.6) is 0 Å². The minimum atomic E-state index is -0.127. The van der Waals surface area contributed by atoms with E-state index in [9.17, 15) is 4.79 Å². The van der Waals surface area contributed by atoms with Crippen LogP contribution in [0.15, 0.2) is 28.7 Å². The predicted molar refractivity (Wildman–Crippen MR) is 87.4 cm³/mol. The molecule has 3 N–H and O–H groups in total. The van der Waals surface area contributed by atoms with E-state index in [0.717, 1.165) is 48.0 Å². The van der Waals surface area contributed by atoms with Crippen LogP contribution in [-0.4, -0.2) is 11.9 Å². The van der Waals surface area contributed by atoms with Crippen molar-refractivity contribution in [3.05, 3.63) is 35.6 Å². The van der Waals surface area contributed by atoms with Crippen molar-refractivity contribution in [2.75, 3.05) is 0 Å². The summed E-state index contributed by atoms with van der Waals surface area (Å²) >= 11 is 0. The lowest BCUT2D eigenvalue weighted by Crippen LogP contribution is -2.38. The number of aryl methyl sites for hydroxylation is 1. The Labute approximate surface area is 131 Å². The Hall–Kier alpha value is -1.81. The van der Waals surface area contributed by atoms with Gasteiger partial charge in [0.25, 0.3) is 0 Å². The van der Waals surface area contributed by atoms with E-state index in [1.54, 1.807) is 0 Å². The molecule has 118 valence electrons. The van der Waals surface area contributed by atoms with Crippen molar-refractivity contribution in [2.45, 2.75) is 51.6 Å². The zero-order valence-electron chi connectivity index (χ0n) is 13.3. The zero-order chi connectivity index (χ0) is 15.7. The number of amides is 1. The number of fused-ring (bicyclic) bond motifs is 1. The Balaban J connectivity index is 1.74. The maximum absolute atomic E-state index is 12.4. The molecule has 0 spiro atoms. The summed E-state index contributed by atoms with van der Waals surface area (Å²) < 4.78 is 5.93. The van der Waals surface area contributed by atoms with Crippen molar-refractivity contribution < 1.29 is 9.21 Å². The van der Waals surface area contributed by atoms with E-state index < -0.39 is 0 Å². The monoisotopic (exact) mass is 300 g/mol. The van der Waals surface area contributed by atoms with Crippen LogP contribution in [0.4, 0.5) is 0 Å². The number of hydrogen-bond donors (Lipinski definition) is 2. The molecule has 2 aromatic rings. The maximum Gasteiger partial charge on any atom is 0.223 e. The highest BCUT2D eigenvalue weighted by Gasteiger charge is 2.27. The van der Waals surface area contributed by atoms with Crippen LogP contribution in [0.1, 0.15) is 50.0 Å². The molecule has 1 aliphatic rings. The fourth-order valence-electron chi connectivity index (χ4n) is 3.47. The second kappa shape index (κ2) is 6.13. The summed E-state index contributed by atoms with van der Waals surface area (Å²) in [6.07, 6.45) is 3.79. The SMILES string of the molecule is Cc1c(C(C)NC(=O)C2CCCC(N)C2)oc2ccccc12. The van der Waals surface area contributed by atoms with Crippen molar-refractivity contribution in [1.29, 1.82) is 0 Å². The third-order valence-electron chi connectivity index (χ3n) is 4.72. The predicted octanol–water partition coefficient (Wildman–Crippen LogP) is 3.44. The molecule has 1 aliphatic carbocycles. The maximum atomic E-state index is 12.4. The summed E-state index contributed by atoms with van der Waals surface area (Å²) in [5.74, 6) is 0.980. The van der Waals surface area contributed by atoms with Crippen molar-refractivity contribution >= 4 is 16.9 Å². The van der Waals surface area contributed by atoms with Crippen LogP contribution in [0.3, 0.4) is 0 Å². The van der Waals surface area contributed by atoms with Crippen molar-refractivity contribution in [3.63, 3.8) is 0 Å². The number of nitrogens with one attached hydrogen (secondary N) is 1. The molecule has 0 radical (unpaired) electrons. The van der Waals surface area contributed by atoms with Gasteiger partial charge in [-0.15, -0.1) is 0 Å². The molecule has 3 rings (SSSR count). The molecule has 1 heterocycles. The number of para-hydroxylation sites is 1. The van der Waals surface area contributed by atoms with Crippen molar-refractivity contribution in [1.82, 2.24) is 5.32 Å². The molecule has 4 nitrogen and oxygen atoms in total. The van der Waals surface area contributed by atoms with Gasteiger partial charge >= 0.3 is 0 Å². The second-order valence-corrected chi connectivity index (χ2v) is 6.44. The van der Waals surface area contributed by atoms with Crippen molar-refractivity contribution in [3.8, 4) is 0 Å². The van der Waals surface area contributed by atoms with Crippen LogP contribution in [-0.2, 0) is 4.79 Å². The lowest BCUT2D eigenvalue weighted by molar-refractivity contribution is -0.126. The first-order chi connectivity index (χ1) is 10.6. The largest absolute Gasteiger partial charge is 0.459 e. The van der Waals surface area contributed by atoms with E-state index in [0.29, 0.717) is 0 Å². The Morgan fingerprint density at radius 2 is 2.14 bits per heavy atom. The summed E-state index contributed by atoms with van der Waals surface area (Å²) in [5.41, 5.74) is 7.95. The molecule has 3 atom stereocenters. The standard InChI is InChI=1S/C18H24N2O2/c1-11-15-8-3-4-9-16(15)22-17(11)12(2)20-18(21)13-6-5-7-14(19)10-13/h3-4,8-9,12-14H,5-7,10,19H2,1-2H3,(H,20,21). The summed E-state index contributed by atoms with van der Waals surface area (Å²) in [5, 5.41) is 4.21. The van der Waals surface area contributed by atoms with Gasteiger partial charge in [-0.3, -0.25) is 4.79 Å². The third kappa shape index (κ3) is 2.88. The lowest BCUT2D eigenvalue weighted by atomic mass is 9.85. The van der Waals surface area contributed by atoms with Gasteiger partial charge in [-0.2, -0.15) is 0 Å². The molecule has 0 aliphatic heterocycles. The average molecular weight is 300 g/mol. The topological polar surface area (TPSA) is 68.3 Å². The molecule has 1 aromatic carbocycles. The van der Waals surface area contributed by atoms with Crippen molar-refractivity contribution in [2.24, 2.45) is 11.7 Å². The summed E-state index contributed by atoms with van der Waals surface area (Å²) in [6.45, 7) is 4.02. The Bertz CT molecular complexity index is 677. The average Bonchev–Trinajstić information content (AvgIpc) is 2.85.